The van der Waals surface area contributed by atoms with Crippen molar-refractivity contribution in [2.24, 2.45) is 5.92 Å². The van der Waals surface area contributed by atoms with Crippen molar-refractivity contribution in [3.63, 3.8) is 0 Å². The molecular formula is C12H17NO2. The molecule has 1 aromatic rings. The summed E-state index contributed by atoms with van der Waals surface area (Å²) in [6.45, 7) is 3.03. The van der Waals surface area contributed by atoms with Crippen LogP contribution in [-0.2, 0) is 11.2 Å². The van der Waals surface area contributed by atoms with E-state index >= 15 is 0 Å². The molecule has 0 aromatic heterocycles. The Morgan fingerprint density at radius 2 is 2.20 bits per heavy atom. The van der Waals surface area contributed by atoms with E-state index in [2.05, 4.69) is 13.0 Å². The van der Waals surface area contributed by atoms with Gasteiger partial charge < -0.3 is 14.7 Å². The maximum Gasteiger partial charge on any atom is 0.237 e. The first-order valence-corrected chi connectivity index (χ1v) is 5.27. The van der Waals surface area contributed by atoms with E-state index in [-0.39, 0.29) is 0 Å². The molecule has 0 saturated carbocycles. The van der Waals surface area contributed by atoms with Crippen molar-refractivity contribution in [3.8, 4) is 0 Å². The van der Waals surface area contributed by atoms with Gasteiger partial charge in [-0.05, 0) is 24.0 Å². The zero-order valence-corrected chi connectivity index (χ0v) is 9.18. The van der Waals surface area contributed by atoms with Crippen LogP contribution in [0, 0.1) is 5.92 Å². The molecule has 0 bridgehead atoms. The van der Waals surface area contributed by atoms with Gasteiger partial charge in [0, 0.05) is 19.3 Å². The zero-order valence-electron chi connectivity index (χ0n) is 9.18. The number of hydrogen-bond acceptors (Lipinski definition) is 3. The summed E-state index contributed by atoms with van der Waals surface area (Å²) in [4.78, 5) is 1.91. The van der Waals surface area contributed by atoms with E-state index in [1.54, 1.807) is 0 Å². The highest BCUT2D eigenvalue weighted by Crippen LogP contribution is 2.30. The summed E-state index contributed by atoms with van der Waals surface area (Å²) in [5.74, 6) is 0.546. The molecule has 2 atom stereocenters. The van der Waals surface area contributed by atoms with E-state index in [9.17, 15) is 5.11 Å². The molecule has 3 nitrogen and oxygen atoms in total. The van der Waals surface area contributed by atoms with Gasteiger partial charge in [-0.3, -0.25) is 0 Å². The number of anilines is 1. The lowest BCUT2D eigenvalue weighted by Crippen LogP contribution is -2.43. The van der Waals surface area contributed by atoms with E-state index < -0.39 is 6.41 Å². The lowest BCUT2D eigenvalue weighted by Gasteiger charge is -2.36. The molecular weight excluding hydrogens is 190 g/mol. The van der Waals surface area contributed by atoms with Crippen LogP contribution in [0.5, 0.6) is 0 Å². The monoisotopic (exact) mass is 207 g/mol. The van der Waals surface area contributed by atoms with Crippen molar-refractivity contribution in [2.45, 2.75) is 19.8 Å². The topological polar surface area (TPSA) is 32.7 Å². The Morgan fingerprint density at radius 1 is 1.47 bits per heavy atom. The van der Waals surface area contributed by atoms with Crippen molar-refractivity contribution in [1.29, 1.82) is 0 Å². The van der Waals surface area contributed by atoms with Gasteiger partial charge in [0.15, 0.2) is 0 Å². The number of fused-ring (bicyclic) bond motifs is 1. The quantitative estimate of drug-likeness (QED) is 0.748. The molecule has 0 spiro atoms. The standard InChI is InChI=1S/C12H17NO2/c1-9-7-10-5-3-4-6-11(10)13(8-9)12(14)15-2/h3-6,9,12,14H,7-8H2,1-2H3. The molecule has 0 fully saturated rings. The van der Waals surface area contributed by atoms with E-state index in [0.29, 0.717) is 5.92 Å². The number of aliphatic hydroxyl groups excluding tert-OH is 1. The van der Waals surface area contributed by atoms with Crippen LogP contribution >= 0.6 is 0 Å². The molecule has 3 heteroatoms. The van der Waals surface area contributed by atoms with Gasteiger partial charge in [0.25, 0.3) is 0 Å². The third-order valence-electron chi connectivity index (χ3n) is 2.86. The highest BCUT2D eigenvalue weighted by Gasteiger charge is 2.25. The Morgan fingerprint density at radius 3 is 2.93 bits per heavy atom. The van der Waals surface area contributed by atoms with Gasteiger partial charge in [0.1, 0.15) is 0 Å². The lowest BCUT2D eigenvalue weighted by molar-refractivity contribution is -0.0763. The average Bonchev–Trinajstić information content (AvgIpc) is 2.26. The highest BCUT2D eigenvalue weighted by molar-refractivity contribution is 5.55. The SMILES string of the molecule is COC(O)N1CC(C)Cc2ccccc21. The molecule has 82 valence electrons. The van der Waals surface area contributed by atoms with Crippen LogP contribution < -0.4 is 4.90 Å². The van der Waals surface area contributed by atoms with Crippen molar-refractivity contribution in [1.82, 2.24) is 0 Å². The number of benzene rings is 1. The summed E-state index contributed by atoms with van der Waals surface area (Å²) in [6.07, 6.45) is 0.234. The number of hydrogen-bond donors (Lipinski definition) is 1. The van der Waals surface area contributed by atoms with Gasteiger partial charge in [-0.25, -0.2) is 0 Å². The predicted molar refractivity (Wildman–Crippen MR) is 59.7 cm³/mol. The fourth-order valence-electron chi connectivity index (χ4n) is 2.17. The first-order chi connectivity index (χ1) is 7.22. The summed E-state index contributed by atoms with van der Waals surface area (Å²) in [7, 11) is 1.52. The summed E-state index contributed by atoms with van der Waals surface area (Å²) >= 11 is 0. The van der Waals surface area contributed by atoms with E-state index in [0.717, 1.165) is 18.7 Å². The molecule has 0 amide bonds. The van der Waals surface area contributed by atoms with Crippen molar-refractivity contribution >= 4 is 5.69 Å². The van der Waals surface area contributed by atoms with Crippen molar-refractivity contribution < 1.29 is 9.84 Å². The van der Waals surface area contributed by atoms with Crippen molar-refractivity contribution in [2.75, 3.05) is 18.6 Å². The summed E-state index contributed by atoms with van der Waals surface area (Å²) < 4.78 is 4.98. The van der Waals surface area contributed by atoms with Gasteiger partial charge >= 0.3 is 0 Å². The molecule has 1 aromatic carbocycles. The largest absolute Gasteiger partial charge is 0.351 e. The van der Waals surface area contributed by atoms with Gasteiger partial charge in [-0.2, -0.15) is 0 Å². The summed E-state index contributed by atoms with van der Waals surface area (Å²) in [5.41, 5.74) is 2.37. The second-order valence-electron chi connectivity index (χ2n) is 4.15. The molecule has 0 saturated heterocycles. The first kappa shape index (κ1) is 10.5. The highest BCUT2D eigenvalue weighted by atomic mass is 16.6. The fourth-order valence-corrected chi connectivity index (χ4v) is 2.17. The van der Waals surface area contributed by atoms with Crippen LogP contribution in [0.3, 0.4) is 0 Å². The zero-order chi connectivity index (χ0) is 10.8. The Kier molecular flexibility index (Phi) is 2.93. The molecule has 15 heavy (non-hydrogen) atoms. The van der Waals surface area contributed by atoms with Crippen LogP contribution in [-0.4, -0.2) is 25.2 Å². The first-order valence-electron chi connectivity index (χ1n) is 5.27. The van der Waals surface area contributed by atoms with E-state index in [4.69, 9.17) is 4.74 Å². The van der Waals surface area contributed by atoms with Gasteiger partial charge in [0.05, 0.1) is 0 Å². The average molecular weight is 207 g/mol. The molecule has 1 aliphatic rings. The Balaban J connectivity index is 2.34. The number of ether oxygens (including phenoxy) is 1. The fraction of sp³-hybridized carbons (Fsp3) is 0.500. The third kappa shape index (κ3) is 1.98. The molecule has 2 rings (SSSR count). The van der Waals surface area contributed by atoms with Crippen LogP contribution in [0.15, 0.2) is 24.3 Å². The van der Waals surface area contributed by atoms with E-state index in [1.165, 1.54) is 12.7 Å². The normalized spacial score (nSPS) is 22.3. The Bertz CT molecular complexity index is 340. The molecule has 1 N–H and O–H groups in total. The smallest absolute Gasteiger partial charge is 0.237 e. The number of aliphatic hydroxyl groups is 1. The van der Waals surface area contributed by atoms with Crippen LogP contribution in [0.2, 0.25) is 0 Å². The molecule has 1 aliphatic heterocycles. The minimum absolute atomic E-state index is 0.546. The number of nitrogens with zero attached hydrogens (tertiary/aromatic N) is 1. The van der Waals surface area contributed by atoms with Crippen LogP contribution in [0.25, 0.3) is 0 Å². The maximum atomic E-state index is 9.75. The van der Waals surface area contributed by atoms with Crippen LogP contribution in [0.1, 0.15) is 12.5 Å². The van der Waals surface area contributed by atoms with Gasteiger partial charge in [-0.15, -0.1) is 0 Å². The molecule has 1 heterocycles. The number of para-hydroxylation sites is 1. The van der Waals surface area contributed by atoms with E-state index in [1.807, 2.05) is 23.1 Å². The molecule has 2 unspecified atom stereocenters. The second kappa shape index (κ2) is 4.21. The minimum atomic E-state index is -0.839. The Hall–Kier alpha value is -1.06. The van der Waals surface area contributed by atoms with Crippen molar-refractivity contribution in [3.05, 3.63) is 29.8 Å². The number of methoxy groups -OCH3 is 1. The minimum Gasteiger partial charge on any atom is -0.351 e. The third-order valence-corrected chi connectivity index (χ3v) is 2.86. The predicted octanol–water partition coefficient (Wildman–Crippen LogP) is 1.61. The Labute approximate surface area is 90.3 Å². The van der Waals surface area contributed by atoms with Gasteiger partial charge in [0.2, 0.25) is 6.41 Å². The lowest BCUT2D eigenvalue weighted by atomic mass is 9.94. The molecule has 0 radical (unpaired) electrons. The molecule has 0 aliphatic carbocycles. The summed E-state index contributed by atoms with van der Waals surface area (Å²) in [6, 6.07) is 8.17. The van der Waals surface area contributed by atoms with Gasteiger partial charge in [-0.1, -0.05) is 25.1 Å². The van der Waals surface area contributed by atoms with Crippen LogP contribution in [0.4, 0.5) is 5.69 Å². The second-order valence-corrected chi connectivity index (χ2v) is 4.15. The maximum absolute atomic E-state index is 9.75. The summed E-state index contributed by atoms with van der Waals surface area (Å²) in [5, 5.41) is 9.75. The number of rotatable bonds is 2.